The first-order valence-corrected chi connectivity index (χ1v) is 11.2. The molecule has 5 heteroatoms. The van der Waals surface area contributed by atoms with Crippen LogP contribution in [0.5, 0.6) is 0 Å². The molecule has 0 saturated carbocycles. The van der Waals surface area contributed by atoms with Crippen LogP contribution >= 0.6 is 0 Å². The van der Waals surface area contributed by atoms with E-state index >= 15 is 0 Å². The molecule has 2 heterocycles. The molecule has 2 fully saturated rings. The van der Waals surface area contributed by atoms with Crippen molar-refractivity contribution in [3.05, 3.63) is 29.8 Å². The first kappa shape index (κ1) is 18.9. The second-order valence-electron chi connectivity index (χ2n) is 7.85. The van der Waals surface area contributed by atoms with E-state index in [1.807, 2.05) is 12.1 Å². The van der Waals surface area contributed by atoms with Crippen LogP contribution in [0.25, 0.3) is 0 Å². The van der Waals surface area contributed by atoms with Gasteiger partial charge in [-0.1, -0.05) is 26.0 Å². The van der Waals surface area contributed by atoms with Gasteiger partial charge in [0, 0.05) is 26.2 Å². The van der Waals surface area contributed by atoms with Crippen molar-refractivity contribution >= 4 is 10.0 Å². The lowest BCUT2D eigenvalue weighted by Gasteiger charge is -2.37. The van der Waals surface area contributed by atoms with Crippen molar-refractivity contribution in [1.29, 1.82) is 0 Å². The normalized spacial score (nSPS) is 24.5. The zero-order valence-electron chi connectivity index (χ0n) is 15.7. The monoisotopic (exact) mass is 364 g/mol. The molecule has 0 radical (unpaired) electrons. The number of sulfonamides is 1. The fraction of sp³-hybridized carbons (Fsp3) is 0.700. The number of rotatable bonds is 5. The Hall–Kier alpha value is -0.910. The Morgan fingerprint density at radius 1 is 1.04 bits per heavy atom. The summed E-state index contributed by atoms with van der Waals surface area (Å²) >= 11 is 0. The fourth-order valence-electron chi connectivity index (χ4n) is 4.20. The van der Waals surface area contributed by atoms with Gasteiger partial charge in [-0.25, -0.2) is 8.42 Å². The van der Waals surface area contributed by atoms with Crippen LogP contribution in [0.1, 0.15) is 45.1 Å². The highest BCUT2D eigenvalue weighted by Gasteiger charge is 2.30. The molecule has 140 valence electrons. The van der Waals surface area contributed by atoms with E-state index in [0.29, 0.717) is 23.9 Å². The quantitative estimate of drug-likeness (QED) is 0.804. The summed E-state index contributed by atoms with van der Waals surface area (Å²) in [5, 5.41) is 0. The third kappa shape index (κ3) is 4.63. The second kappa shape index (κ2) is 8.19. The van der Waals surface area contributed by atoms with Gasteiger partial charge in [0.2, 0.25) is 10.0 Å². The topological polar surface area (TPSA) is 40.6 Å². The lowest BCUT2D eigenvalue weighted by Crippen LogP contribution is -2.43. The van der Waals surface area contributed by atoms with Crippen LogP contribution in [-0.4, -0.2) is 50.3 Å². The van der Waals surface area contributed by atoms with Crippen LogP contribution in [0.15, 0.2) is 29.2 Å². The van der Waals surface area contributed by atoms with Crippen molar-refractivity contribution in [1.82, 2.24) is 9.21 Å². The van der Waals surface area contributed by atoms with Crippen LogP contribution in [0.2, 0.25) is 0 Å². The van der Waals surface area contributed by atoms with Crippen molar-refractivity contribution in [3.63, 3.8) is 0 Å². The summed E-state index contributed by atoms with van der Waals surface area (Å²) < 4.78 is 27.4. The van der Waals surface area contributed by atoms with E-state index < -0.39 is 10.0 Å². The molecule has 0 unspecified atom stereocenters. The van der Waals surface area contributed by atoms with Gasteiger partial charge in [0.25, 0.3) is 0 Å². The van der Waals surface area contributed by atoms with Gasteiger partial charge in [0.05, 0.1) is 4.90 Å². The van der Waals surface area contributed by atoms with Crippen molar-refractivity contribution in [2.75, 3.05) is 32.7 Å². The number of aryl methyl sites for hydroxylation is 1. The largest absolute Gasteiger partial charge is 0.303 e. The maximum atomic E-state index is 12.8. The van der Waals surface area contributed by atoms with E-state index in [2.05, 4.69) is 18.7 Å². The molecule has 1 aromatic carbocycles. The molecule has 0 aliphatic carbocycles. The minimum absolute atomic E-state index is 0.438. The summed E-state index contributed by atoms with van der Waals surface area (Å²) in [6.07, 6.45) is 5.56. The van der Waals surface area contributed by atoms with Gasteiger partial charge >= 0.3 is 0 Å². The summed E-state index contributed by atoms with van der Waals surface area (Å²) in [5.41, 5.74) is 1.17. The van der Waals surface area contributed by atoms with Gasteiger partial charge in [-0.15, -0.1) is 0 Å². The number of hydrogen-bond acceptors (Lipinski definition) is 3. The highest BCUT2D eigenvalue weighted by atomic mass is 32.2. The van der Waals surface area contributed by atoms with Crippen LogP contribution in [0.3, 0.4) is 0 Å². The summed E-state index contributed by atoms with van der Waals surface area (Å²) in [6.45, 7) is 9.30. The first-order chi connectivity index (χ1) is 12.0. The predicted molar refractivity (Wildman–Crippen MR) is 102 cm³/mol. The summed E-state index contributed by atoms with van der Waals surface area (Å²) in [5.74, 6) is 1.44. The lowest BCUT2D eigenvalue weighted by molar-refractivity contribution is 0.136. The Balaban J connectivity index is 1.55. The predicted octanol–water partition coefficient (Wildman–Crippen LogP) is 3.38. The van der Waals surface area contributed by atoms with Crippen molar-refractivity contribution in [2.45, 2.75) is 50.8 Å². The molecule has 3 rings (SSSR count). The molecule has 2 aliphatic rings. The Labute approximate surface area is 153 Å². The van der Waals surface area contributed by atoms with Crippen molar-refractivity contribution in [3.8, 4) is 0 Å². The highest BCUT2D eigenvalue weighted by Crippen LogP contribution is 2.26. The van der Waals surface area contributed by atoms with Crippen molar-refractivity contribution in [2.24, 2.45) is 11.8 Å². The molecule has 25 heavy (non-hydrogen) atoms. The number of hydrogen-bond donors (Lipinski definition) is 0. The van der Waals surface area contributed by atoms with E-state index in [1.54, 1.807) is 16.4 Å². The van der Waals surface area contributed by atoms with Gasteiger partial charge < -0.3 is 4.90 Å². The van der Waals surface area contributed by atoms with Gasteiger partial charge in [-0.3, -0.25) is 0 Å². The van der Waals surface area contributed by atoms with Crippen LogP contribution in [0.4, 0.5) is 0 Å². The second-order valence-corrected chi connectivity index (χ2v) is 9.79. The Morgan fingerprint density at radius 2 is 1.72 bits per heavy atom. The van der Waals surface area contributed by atoms with E-state index in [-0.39, 0.29) is 0 Å². The molecule has 2 aliphatic heterocycles. The van der Waals surface area contributed by atoms with E-state index in [4.69, 9.17) is 0 Å². The zero-order chi connectivity index (χ0) is 17.9. The number of likely N-dealkylation sites (tertiary alicyclic amines) is 1. The van der Waals surface area contributed by atoms with Crippen LogP contribution < -0.4 is 0 Å². The number of benzene rings is 1. The average molecular weight is 365 g/mol. The fourth-order valence-corrected chi connectivity index (χ4v) is 5.67. The maximum absolute atomic E-state index is 12.8. The minimum atomic E-state index is -3.33. The molecule has 0 aromatic heterocycles. The SMILES string of the molecule is CCc1ccc(S(=O)(=O)N2CCC(CN3CCC[C@H](C)C3)CC2)cc1. The molecule has 4 nitrogen and oxygen atoms in total. The molecular formula is C20H32N2O2S. The number of piperidine rings is 2. The van der Waals surface area contributed by atoms with Gasteiger partial charge in [0.15, 0.2) is 0 Å². The lowest BCUT2D eigenvalue weighted by atomic mass is 9.94. The van der Waals surface area contributed by atoms with Crippen LogP contribution in [0, 0.1) is 11.8 Å². The summed E-state index contributed by atoms with van der Waals surface area (Å²) in [6, 6.07) is 7.37. The molecule has 1 aromatic rings. The molecule has 0 spiro atoms. The Bertz CT molecular complexity index is 649. The summed E-state index contributed by atoms with van der Waals surface area (Å²) in [7, 11) is -3.33. The van der Waals surface area contributed by atoms with E-state index in [0.717, 1.165) is 31.7 Å². The van der Waals surface area contributed by atoms with Gasteiger partial charge in [-0.2, -0.15) is 4.31 Å². The van der Waals surface area contributed by atoms with Crippen molar-refractivity contribution < 1.29 is 8.42 Å². The third-order valence-corrected chi connectivity index (χ3v) is 7.71. The first-order valence-electron chi connectivity index (χ1n) is 9.80. The molecule has 0 amide bonds. The molecule has 2 saturated heterocycles. The molecule has 0 N–H and O–H groups in total. The average Bonchev–Trinajstić information content (AvgIpc) is 2.62. The minimum Gasteiger partial charge on any atom is -0.303 e. The van der Waals surface area contributed by atoms with E-state index in [9.17, 15) is 8.42 Å². The van der Waals surface area contributed by atoms with Gasteiger partial charge in [0.1, 0.15) is 0 Å². The maximum Gasteiger partial charge on any atom is 0.243 e. The summed E-state index contributed by atoms with van der Waals surface area (Å²) in [4.78, 5) is 3.03. The smallest absolute Gasteiger partial charge is 0.243 e. The standard InChI is InChI=1S/C20H32N2O2S/c1-3-18-6-8-20(9-7-18)25(23,24)22-13-10-19(11-14-22)16-21-12-4-5-17(2)15-21/h6-9,17,19H,3-5,10-16H2,1-2H3/t17-/m0/s1. The Kier molecular flexibility index (Phi) is 6.18. The van der Waals surface area contributed by atoms with E-state index in [1.165, 1.54) is 31.5 Å². The molecule has 1 atom stereocenters. The Morgan fingerprint density at radius 3 is 2.32 bits per heavy atom. The van der Waals surface area contributed by atoms with Gasteiger partial charge in [-0.05, 0) is 68.2 Å². The third-order valence-electron chi connectivity index (χ3n) is 5.80. The number of nitrogens with zero attached hydrogens (tertiary/aromatic N) is 2. The molecule has 0 bridgehead atoms. The molecular weight excluding hydrogens is 332 g/mol. The van der Waals surface area contributed by atoms with Crippen LogP contribution in [-0.2, 0) is 16.4 Å². The zero-order valence-corrected chi connectivity index (χ0v) is 16.5. The highest BCUT2D eigenvalue weighted by molar-refractivity contribution is 7.89.